The summed E-state index contributed by atoms with van der Waals surface area (Å²) < 4.78 is 4.96. The SMILES string of the molecule is CCCC(=O)N1CCN(c2ccc(NC(=O)c3ccc(OC)c([N+](=O)[O-])c3)cc2)CC1. The van der Waals surface area contributed by atoms with E-state index in [1.165, 1.54) is 25.3 Å². The van der Waals surface area contributed by atoms with Crippen molar-refractivity contribution in [2.75, 3.05) is 43.5 Å². The number of rotatable bonds is 7. The highest BCUT2D eigenvalue weighted by Gasteiger charge is 2.21. The molecule has 1 aliphatic rings. The fourth-order valence-corrected chi connectivity index (χ4v) is 3.52. The average Bonchev–Trinajstić information content (AvgIpc) is 2.79. The predicted molar refractivity (Wildman–Crippen MR) is 118 cm³/mol. The van der Waals surface area contributed by atoms with Crippen LogP contribution in [-0.4, -0.2) is 54.9 Å². The van der Waals surface area contributed by atoms with E-state index in [0.29, 0.717) is 25.2 Å². The maximum Gasteiger partial charge on any atom is 0.311 e. The Labute approximate surface area is 180 Å². The highest BCUT2D eigenvalue weighted by atomic mass is 16.6. The number of anilines is 2. The molecular formula is C22H26N4O5. The molecule has 164 valence electrons. The number of hydrogen-bond acceptors (Lipinski definition) is 6. The van der Waals surface area contributed by atoms with Crippen LogP contribution >= 0.6 is 0 Å². The van der Waals surface area contributed by atoms with Crippen LogP contribution in [0.25, 0.3) is 0 Å². The topological polar surface area (TPSA) is 105 Å². The number of amides is 2. The molecule has 1 fully saturated rings. The summed E-state index contributed by atoms with van der Waals surface area (Å²) in [5.41, 5.74) is 1.51. The van der Waals surface area contributed by atoms with Gasteiger partial charge in [-0.1, -0.05) is 6.92 Å². The van der Waals surface area contributed by atoms with Gasteiger partial charge in [-0.15, -0.1) is 0 Å². The molecule has 1 saturated heterocycles. The Kier molecular flexibility index (Phi) is 7.07. The number of methoxy groups -OCH3 is 1. The van der Waals surface area contributed by atoms with Gasteiger partial charge in [0.2, 0.25) is 5.91 Å². The first-order valence-corrected chi connectivity index (χ1v) is 10.2. The van der Waals surface area contributed by atoms with E-state index in [9.17, 15) is 19.7 Å². The fraction of sp³-hybridized carbons (Fsp3) is 0.364. The molecule has 0 unspecified atom stereocenters. The van der Waals surface area contributed by atoms with E-state index >= 15 is 0 Å². The van der Waals surface area contributed by atoms with Crippen LogP contribution in [0.1, 0.15) is 30.1 Å². The number of nitrogens with zero attached hydrogens (tertiary/aromatic N) is 3. The molecule has 2 aromatic rings. The van der Waals surface area contributed by atoms with Crippen LogP contribution in [0.3, 0.4) is 0 Å². The Balaban J connectivity index is 1.61. The molecule has 2 amide bonds. The van der Waals surface area contributed by atoms with Crippen molar-refractivity contribution in [2.45, 2.75) is 19.8 Å². The highest BCUT2D eigenvalue weighted by Crippen LogP contribution is 2.28. The summed E-state index contributed by atoms with van der Waals surface area (Å²) in [6.45, 7) is 4.93. The van der Waals surface area contributed by atoms with E-state index in [-0.39, 0.29) is 22.9 Å². The summed E-state index contributed by atoms with van der Waals surface area (Å²) in [6.07, 6.45) is 1.45. The molecule has 31 heavy (non-hydrogen) atoms. The summed E-state index contributed by atoms with van der Waals surface area (Å²) in [4.78, 5) is 39.2. The Bertz CT molecular complexity index is 953. The standard InChI is InChI=1S/C22H26N4O5/c1-3-4-21(27)25-13-11-24(12-14-25)18-8-6-17(7-9-18)23-22(28)16-5-10-20(31-2)19(15-16)26(29)30/h5-10,15H,3-4,11-14H2,1-2H3,(H,23,28). The lowest BCUT2D eigenvalue weighted by molar-refractivity contribution is -0.385. The predicted octanol–water partition coefficient (Wildman–Crippen LogP) is 3.30. The minimum atomic E-state index is -0.583. The van der Waals surface area contributed by atoms with Gasteiger partial charge in [-0.05, 0) is 42.8 Å². The number of nitrogens with one attached hydrogen (secondary N) is 1. The smallest absolute Gasteiger partial charge is 0.311 e. The summed E-state index contributed by atoms with van der Waals surface area (Å²) in [5, 5.41) is 13.9. The number of carbonyl (C=O) groups is 2. The van der Waals surface area contributed by atoms with Gasteiger partial charge in [0.25, 0.3) is 5.91 Å². The molecule has 0 atom stereocenters. The lowest BCUT2D eigenvalue weighted by Crippen LogP contribution is -2.48. The van der Waals surface area contributed by atoms with Crippen LogP contribution in [0, 0.1) is 10.1 Å². The molecule has 9 heteroatoms. The second-order valence-electron chi connectivity index (χ2n) is 7.26. The average molecular weight is 426 g/mol. The van der Waals surface area contributed by atoms with E-state index in [2.05, 4.69) is 10.2 Å². The third-order valence-corrected chi connectivity index (χ3v) is 5.22. The van der Waals surface area contributed by atoms with Gasteiger partial charge in [0, 0.05) is 55.6 Å². The first-order chi connectivity index (χ1) is 14.9. The van der Waals surface area contributed by atoms with Gasteiger partial charge >= 0.3 is 5.69 Å². The number of nitro benzene ring substituents is 1. The fourth-order valence-electron chi connectivity index (χ4n) is 3.52. The molecule has 9 nitrogen and oxygen atoms in total. The van der Waals surface area contributed by atoms with Crippen molar-refractivity contribution in [1.82, 2.24) is 4.90 Å². The number of ether oxygens (including phenoxy) is 1. The van der Waals surface area contributed by atoms with Crippen molar-refractivity contribution in [2.24, 2.45) is 0 Å². The van der Waals surface area contributed by atoms with Crippen LogP contribution in [-0.2, 0) is 4.79 Å². The first kappa shape index (κ1) is 22.1. The molecule has 1 N–H and O–H groups in total. The van der Waals surface area contributed by atoms with Crippen molar-refractivity contribution in [3.63, 3.8) is 0 Å². The van der Waals surface area contributed by atoms with Crippen LogP contribution in [0.4, 0.5) is 17.1 Å². The van der Waals surface area contributed by atoms with E-state index in [1.807, 2.05) is 24.0 Å². The second-order valence-corrected chi connectivity index (χ2v) is 7.26. The number of hydrogen-bond donors (Lipinski definition) is 1. The number of nitro groups is 1. The zero-order chi connectivity index (χ0) is 22.4. The minimum Gasteiger partial charge on any atom is -0.490 e. The molecule has 0 aromatic heterocycles. The Morgan fingerprint density at radius 2 is 1.77 bits per heavy atom. The van der Waals surface area contributed by atoms with Crippen molar-refractivity contribution < 1.29 is 19.2 Å². The normalized spacial score (nSPS) is 13.6. The molecule has 3 rings (SSSR count). The Morgan fingerprint density at radius 3 is 2.35 bits per heavy atom. The first-order valence-electron chi connectivity index (χ1n) is 10.2. The van der Waals surface area contributed by atoms with Gasteiger partial charge in [-0.25, -0.2) is 0 Å². The second kappa shape index (κ2) is 9.92. The minimum absolute atomic E-state index is 0.0994. The lowest BCUT2D eigenvalue weighted by Gasteiger charge is -2.36. The van der Waals surface area contributed by atoms with Gasteiger partial charge in [-0.3, -0.25) is 19.7 Å². The summed E-state index contributed by atoms with van der Waals surface area (Å²) in [6, 6.07) is 11.5. The zero-order valence-corrected chi connectivity index (χ0v) is 17.7. The molecule has 0 bridgehead atoms. The molecule has 2 aromatic carbocycles. The summed E-state index contributed by atoms with van der Waals surface area (Å²) >= 11 is 0. The van der Waals surface area contributed by atoms with Gasteiger partial charge in [0.1, 0.15) is 0 Å². The third-order valence-electron chi connectivity index (χ3n) is 5.22. The van der Waals surface area contributed by atoms with Gasteiger partial charge < -0.3 is 19.9 Å². The van der Waals surface area contributed by atoms with E-state index in [0.717, 1.165) is 25.2 Å². The van der Waals surface area contributed by atoms with Gasteiger partial charge in [0.15, 0.2) is 5.75 Å². The van der Waals surface area contributed by atoms with E-state index in [1.54, 1.807) is 12.1 Å². The van der Waals surface area contributed by atoms with Gasteiger partial charge in [0.05, 0.1) is 12.0 Å². The molecule has 0 radical (unpaired) electrons. The van der Waals surface area contributed by atoms with E-state index in [4.69, 9.17) is 4.74 Å². The molecule has 0 spiro atoms. The van der Waals surface area contributed by atoms with Crippen molar-refractivity contribution in [1.29, 1.82) is 0 Å². The molecule has 0 aliphatic carbocycles. The third kappa shape index (κ3) is 5.30. The lowest BCUT2D eigenvalue weighted by atomic mass is 10.1. The maximum absolute atomic E-state index is 12.5. The van der Waals surface area contributed by atoms with Gasteiger partial charge in [-0.2, -0.15) is 0 Å². The van der Waals surface area contributed by atoms with Crippen molar-refractivity contribution in [3.05, 3.63) is 58.1 Å². The monoisotopic (exact) mass is 426 g/mol. The zero-order valence-electron chi connectivity index (χ0n) is 17.7. The highest BCUT2D eigenvalue weighted by molar-refractivity contribution is 6.04. The number of carbonyl (C=O) groups excluding carboxylic acids is 2. The van der Waals surface area contributed by atoms with Crippen LogP contribution in [0.5, 0.6) is 5.75 Å². The number of piperazine rings is 1. The van der Waals surface area contributed by atoms with Crippen LogP contribution < -0.4 is 15.0 Å². The van der Waals surface area contributed by atoms with Crippen molar-refractivity contribution in [3.8, 4) is 5.75 Å². The maximum atomic E-state index is 12.5. The van der Waals surface area contributed by atoms with Crippen LogP contribution in [0.15, 0.2) is 42.5 Å². The van der Waals surface area contributed by atoms with Crippen LogP contribution in [0.2, 0.25) is 0 Å². The molecule has 0 saturated carbocycles. The Morgan fingerprint density at radius 1 is 1.10 bits per heavy atom. The molecule has 1 aliphatic heterocycles. The quantitative estimate of drug-likeness (QED) is 0.538. The molecular weight excluding hydrogens is 400 g/mol. The number of benzene rings is 2. The van der Waals surface area contributed by atoms with E-state index < -0.39 is 10.8 Å². The summed E-state index contributed by atoms with van der Waals surface area (Å²) in [5.74, 6) is -0.136. The Hall–Kier alpha value is -3.62. The summed E-state index contributed by atoms with van der Waals surface area (Å²) in [7, 11) is 1.34. The van der Waals surface area contributed by atoms with Crippen molar-refractivity contribution >= 4 is 28.9 Å². The largest absolute Gasteiger partial charge is 0.490 e. The molecule has 1 heterocycles.